The van der Waals surface area contributed by atoms with E-state index in [0.29, 0.717) is 16.6 Å². The maximum atomic E-state index is 12.9. The second kappa shape index (κ2) is 6.47. The Hall–Kier alpha value is -1.69. The van der Waals surface area contributed by atoms with Gasteiger partial charge in [-0.25, -0.2) is 9.37 Å². The molecule has 0 saturated heterocycles. The quantitative estimate of drug-likeness (QED) is 0.830. The molecular formula is C13H13BrFN3O. The molecule has 2 rings (SSSR count). The molecule has 1 amide bonds. The standard InChI is InChI=1S/C13H13BrFN3O/c14-11-8-9(15)3-4-10(11)13(19)18-5-1-2-12-16-6-7-17-12/h3-4,6-8H,1-2,5H2,(H,16,17)(H,18,19). The number of nitrogens with one attached hydrogen (secondary N) is 2. The molecule has 100 valence electrons. The van der Waals surface area contributed by atoms with Crippen LogP contribution < -0.4 is 5.32 Å². The van der Waals surface area contributed by atoms with E-state index in [9.17, 15) is 9.18 Å². The number of carbonyl (C=O) groups excluding carboxylic acids is 1. The van der Waals surface area contributed by atoms with E-state index in [1.807, 2.05) is 0 Å². The fourth-order valence-corrected chi connectivity index (χ4v) is 2.19. The van der Waals surface area contributed by atoms with Gasteiger partial charge in [-0.3, -0.25) is 4.79 Å². The molecule has 0 radical (unpaired) electrons. The highest BCUT2D eigenvalue weighted by Gasteiger charge is 2.09. The average Bonchev–Trinajstić information content (AvgIpc) is 2.87. The molecule has 0 aliphatic heterocycles. The number of aromatic nitrogens is 2. The maximum Gasteiger partial charge on any atom is 0.252 e. The molecule has 0 bridgehead atoms. The third kappa shape index (κ3) is 3.89. The Bertz CT molecular complexity index is 557. The second-order valence-electron chi connectivity index (χ2n) is 4.02. The molecule has 0 saturated carbocycles. The van der Waals surface area contributed by atoms with Gasteiger partial charge in [0.15, 0.2) is 0 Å². The van der Waals surface area contributed by atoms with Crippen LogP contribution in [0.2, 0.25) is 0 Å². The molecule has 6 heteroatoms. The predicted molar refractivity (Wildman–Crippen MR) is 73.3 cm³/mol. The van der Waals surface area contributed by atoms with Crippen LogP contribution in [0.1, 0.15) is 22.6 Å². The van der Waals surface area contributed by atoms with Crippen LogP contribution in [-0.4, -0.2) is 22.4 Å². The Labute approximate surface area is 118 Å². The average molecular weight is 326 g/mol. The summed E-state index contributed by atoms with van der Waals surface area (Å²) < 4.78 is 13.4. The van der Waals surface area contributed by atoms with E-state index in [1.54, 1.807) is 12.4 Å². The topological polar surface area (TPSA) is 57.8 Å². The SMILES string of the molecule is O=C(NCCCc1ncc[nH]1)c1ccc(F)cc1Br. The molecule has 1 aromatic carbocycles. The number of aromatic amines is 1. The molecule has 1 heterocycles. The van der Waals surface area contributed by atoms with Gasteiger partial charge < -0.3 is 10.3 Å². The van der Waals surface area contributed by atoms with Gasteiger partial charge in [-0.2, -0.15) is 0 Å². The van der Waals surface area contributed by atoms with Crippen molar-refractivity contribution in [1.82, 2.24) is 15.3 Å². The summed E-state index contributed by atoms with van der Waals surface area (Å²) in [6, 6.07) is 4.00. The van der Waals surface area contributed by atoms with Crippen LogP contribution in [0.3, 0.4) is 0 Å². The summed E-state index contributed by atoms with van der Waals surface area (Å²) in [4.78, 5) is 18.9. The van der Waals surface area contributed by atoms with E-state index >= 15 is 0 Å². The van der Waals surface area contributed by atoms with Gasteiger partial charge in [-0.1, -0.05) is 0 Å². The number of nitrogens with zero attached hydrogens (tertiary/aromatic N) is 1. The fourth-order valence-electron chi connectivity index (χ4n) is 1.66. The third-order valence-electron chi connectivity index (χ3n) is 2.61. The predicted octanol–water partition coefficient (Wildman–Crippen LogP) is 2.67. The van der Waals surface area contributed by atoms with Crippen molar-refractivity contribution in [2.45, 2.75) is 12.8 Å². The van der Waals surface area contributed by atoms with Crippen LogP contribution in [0.5, 0.6) is 0 Å². The number of hydrogen-bond donors (Lipinski definition) is 2. The lowest BCUT2D eigenvalue weighted by molar-refractivity contribution is 0.0952. The molecule has 4 nitrogen and oxygen atoms in total. The van der Waals surface area contributed by atoms with E-state index in [-0.39, 0.29) is 11.7 Å². The fraction of sp³-hybridized carbons (Fsp3) is 0.231. The summed E-state index contributed by atoms with van der Waals surface area (Å²) in [6.45, 7) is 0.545. The van der Waals surface area contributed by atoms with Crippen molar-refractivity contribution in [3.05, 3.63) is 52.3 Å². The largest absolute Gasteiger partial charge is 0.352 e. The highest BCUT2D eigenvalue weighted by molar-refractivity contribution is 9.10. The molecule has 0 aliphatic carbocycles. The Morgan fingerprint density at radius 3 is 3.00 bits per heavy atom. The first kappa shape index (κ1) is 13.7. The van der Waals surface area contributed by atoms with E-state index in [2.05, 4.69) is 31.2 Å². The van der Waals surface area contributed by atoms with Crippen molar-refractivity contribution < 1.29 is 9.18 Å². The van der Waals surface area contributed by atoms with Gasteiger partial charge in [-0.15, -0.1) is 0 Å². The first-order chi connectivity index (χ1) is 9.16. The van der Waals surface area contributed by atoms with Crippen molar-refractivity contribution in [3.63, 3.8) is 0 Å². The highest BCUT2D eigenvalue weighted by Crippen LogP contribution is 2.17. The molecule has 0 spiro atoms. The van der Waals surface area contributed by atoms with Gasteiger partial charge in [0.05, 0.1) is 5.56 Å². The maximum absolute atomic E-state index is 12.9. The van der Waals surface area contributed by atoms with Crippen LogP contribution in [0.4, 0.5) is 4.39 Å². The van der Waals surface area contributed by atoms with Crippen molar-refractivity contribution in [2.75, 3.05) is 6.54 Å². The lowest BCUT2D eigenvalue weighted by Crippen LogP contribution is -2.25. The molecule has 0 atom stereocenters. The normalized spacial score (nSPS) is 10.4. The number of benzene rings is 1. The number of H-pyrrole nitrogens is 1. The summed E-state index contributed by atoms with van der Waals surface area (Å²) in [6.07, 6.45) is 5.03. The molecule has 1 aromatic heterocycles. The summed E-state index contributed by atoms with van der Waals surface area (Å²) in [7, 11) is 0. The molecule has 0 unspecified atom stereocenters. The van der Waals surface area contributed by atoms with Gasteiger partial charge in [0.2, 0.25) is 0 Å². The zero-order chi connectivity index (χ0) is 13.7. The Morgan fingerprint density at radius 2 is 2.32 bits per heavy atom. The smallest absolute Gasteiger partial charge is 0.252 e. The number of amides is 1. The summed E-state index contributed by atoms with van der Waals surface area (Å²) >= 11 is 3.17. The zero-order valence-corrected chi connectivity index (χ0v) is 11.7. The second-order valence-corrected chi connectivity index (χ2v) is 4.87. The zero-order valence-electron chi connectivity index (χ0n) is 10.1. The number of imidazole rings is 1. The van der Waals surface area contributed by atoms with E-state index < -0.39 is 0 Å². The lowest BCUT2D eigenvalue weighted by Gasteiger charge is -2.06. The van der Waals surface area contributed by atoms with Crippen molar-refractivity contribution in [3.8, 4) is 0 Å². The number of carbonyl (C=O) groups is 1. The van der Waals surface area contributed by atoms with Gasteiger partial charge in [-0.05, 0) is 40.5 Å². The van der Waals surface area contributed by atoms with E-state index in [4.69, 9.17) is 0 Å². The van der Waals surface area contributed by atoms with Crippen molar-refractivity contribution in [1.29, 1.82) is 0 Å². The van der Waals surface area contributed by atoms with Gasteiger partial charge >= 0.3 is 0 Å². The number of hydrogen-bond acceptors (Lipinski definition) is 2. The van der Waals surface area contributed by atoms with Crippen molar-refractivity contribution in [2.24, 2.45) is 0 Å². The molecule has 19 heavy (non-hydrogen) atoms. The Balaban J connectivity index is 1.81. The monoisotopic (exact) mass is 325 g/mol. The number of rotatable bonds is 5. The van der Waals surface area contributed by atoms with Crippen LogP contribution >= 0.6 is 15.9 Å². The highest BCUT2D eigenvalue weighted by atomic mass is 79.9. The molecule has 0 aliphatic rings. The summed E-state index contributed by atoms with van der Waals surface area (Å²) in [5, 5.41) is 2.79. The molecule has 2 N–H and O–H groups in total. The van der Waals surface area contributed by atoms with E-state index in [0.717, 1.165) is 18.7 Å². The first-order valence-electron chi connectivity index (χ1n) is 5.88. The van der Waals surface area contributed by atoms with Gasteiger partial charge in [0.25, 0.3) is 5.91 Å². The summed E-state index contributed by atoms with van der Waals surface area (Å²) in [5.41, 5.74) is 0.430. The minimum absolute atomic E-state index is 0.216. The van der Waals surface area contributed by atoms with Crippen LogP contribution in [-0.2, 0) is 6.42 Å². The Kier molecular flexibility index (Phi) is 4.68. The third-order valence-corrected chi connectivity index (χ3v) is 3.26. The summed E-state index contributed by atoms with van der Waals surface area (Å²) in [5.74, 6) is 0.310. The van der Waals surface area contributed by atoms with Gasteiger partial charge in [0, 0.05) is 29.8 Å². The minimum Gasteiger partial charge on any atom is -0.352 e. The minimum atomic E-state index is -0.374. The van der Waals surface area contributed by atoms with Crippen LogP contribution in [0.25, 0.3) is 0 Å². The van der Waals surface area contributed by atoms with Crippen molar-refractivity contribution >= 4 is 21.8 Å². The van der Waals surface area contributed by atoms with Gasteiger partial charge in [0.1, 0.15) is 11.6 Å². The number of aryl methyl sites for hydroxylation is 1. The molecule has 0 fully saturated rings. The number of halogens is 2. The first-order valence-corrected chi connectivity index (χ1v) is 6.67. The molecule has 2 aromatic rings. The van der Waals surface area contributed by atoms with Crippen LogP contribution in [0, 0.1) is 5.82 Å². The molecular weight excluding hydrogens is 313 g/mol. The lowest BCUT2D eigenvalue weighted by atomic mass is 10.2. The van der Waals surface area contributed by atoms with E-state index in [1.165, 1.54) is 18.2 Å². The van der Waals surface area contributed by atoms with Crippen LogP contribution in [0.15, 0.2) is 35.1 Å². The Morgan fingerprint density at radius 1 is 1.47 bits per heavy atom.